The minimum atomic E-state index is -0.0947. The van der Waals surface area contributed by atoms with Crippen LogP contribution >= 0.6 is 0 Å². The summed E-state index contributed by atoms with van der Waals surface area (Å²) in [6.07, 6.45) is 4.43. The second-order valence-electron chi connectivity index (χ2n) is 6.82. The van der Waals surface area contributed by atoms with Crippen LogP contribution in [0.3, 0.4) is 0 Å². The Balaban J connectivity index is 1.35. The summed E-state index contributed by atoms with van der Waals surface area (Å²) in [7, 11) is 0. The van der Waals surface area contributed by atoms with Gasteiger partial charge in [-0.1, -0.05) is 42.5 Å². The number of aryl methyl sites for hydroxylation is 1. The lowest BCUT2D eigenvalue weighted by Gasteiger charge is -2.09. The van der Waals surface area contributed by atoms with Gasteiger partial charge in [0.25, 0.3) is 5.91 Å². The number of nitrogens with zero attached hydrogens (tertiary/aromatic N) is 3. The van der Waals surface area contributed by atoms with Crippen molar-refractivity contribution in [2.45, 2.75) is 13.3 Å². The molecule has 2 aromatic carbocycles. The summed E-state index contributed by atoms with van der Waals surface area (Å²) in [5.74, 6) is -0.0947. The van der Waals surface area contributed by atoms with Crippen molar-refractivity contribution in [3.8, 4) is 16.9 Å². The number of carbonyl (C=O) groups excluding carboxylic acids is 1. The van der Waals surface area contributed by atoms with Crippen molar-refractivity contribution in [3.05, 3.63) is 102 Å². The van der Waals surface area contributed by atoms with E-state index in [0.717, 1.165) is 34.6 Å². The van der Waals surface area contributed by atoms with Gasteiger partial charge in [-0.05, 0) is 49.2 Å². The minimum absolute atomic E-state index is 0.0947. The molecule has 2 heterocycles. The molecule has 29 heavy (non-hydrogen) atoms. The van der Waals surface area contributed by atoms with Gasteiger partial charge in [-0.15, -0.1) is 0 Å². The van der Waals surface area contributed by atoms with E-state index < -0.39 is 0 Å². The van der Waals surface area contributed by atoms with Gasteiger partial charge >= 0.3 is 0 Å². The van der Waals surface area contributed by atoms with E-state index in [0.29, 0.717) is 12.1 Å². The van der Waals surface area contributed by atoms with Gasteiger partial charge in [0.2, 0.25) is 0 Å². The Labute approximate surface area is 170 Å². The van der Waals surface area contributed by atoms with Crippen LogP contribution in [0.1, 0.15) is 21.6 Å². The molecular weight excluding hydrogens is 360 g/mol. The van der Waals surface area contributed by atoms with E-state index in [1.165, 1.54) is 0 Å². The van der Waals surface area contributed by atoms with Crippen molar-refractivity contribution in [3.63, 3.8) is 0 Å². The van der Waals surface area contributed by atoms with Gasteiger partial charge < -0.3 is 5.32 Å². The summed E-state index contributed by atoms with van der Waals surface area (Å²) >= 11 is 0. The molecule has 144 valence electrons. The van der Waals surface area contributed by atoms with Gasteiger partial charge in [0.15, 0.2) is 0 Å². The average Bonchev–Trinajstić information content (AvgIpc) is 3.29. The quantitative estimate of drug-likeness (QED) is 0.543. The molecule has 4 aromatic rings. The molecular formula is C24H22N4O. The number of hydrogen-bond donors (Lipinski definition) is 1. The third-order valence-corrected chi connectivity index (χ3v) is 4.80. The van der Waals surface area contributed by atoms with Crippen LogP contribution < -0.4 is 5.32 Å². The summed E-state index contributed by atoms with van der Waals surface area (Å²) in [5.41, 5.74) is 5.43. The summed E-state index contributed by atoms with van der Waals surface area (Å²) in [4.78, 5) is 17.1. The van der Waals surface area contributed by atoms with Gasteiger partial charge in [0.05, 0.1) is 22.6 Å². The number of nitrogens with one attached hydrogen (secondary N) is 1. The first kappa shape index (κ1) is 18.6. The number of benzene rings is 2. The van der Waals surface area contributed by atoms with Gasteiger partial charge in [-0.3, -0.25) is 9.78 Å². The van der Waals surface area contributed by atoms with Crippen molar-refractivity contribution >= 4 is 5.91 Å². The first-order chi connectivity index (χ1) is 14.2. The Kier molecular flexibility index (Phi) is 5.47. The first-order valence-electron chi connectivity index (χ1n) is 9.61. The van der Waals surface area contributed by atoms with E-state index in [1.807, 2.05) is 78.5 Å². The van der Waals surface area contributed by atoms with Crippen molar-refractivity contribution in [2.24, 2.45) is 0 Å². The van der Waals surface area contributed by atoms with Crippen LogP contribution in [-0.2, 0) is 6.42 Å². The SMILES string of the molecule is Cc1nc(-c2ccccc2)ccc1C(=O)NCCc1ccc(-n2cccn2)cc1. The van der Waals surface area contributed by atoms with Gasteiger partial charge in [0.1, 0.15) is 0 Å². The molecule has 0 saturated carbocycles. The second kappa shape index (κ2) is 8.52. The molecule has 0 atom stereocenters. The number of amides is 1. The van der Waals surface area contributed by atoms with E-state index in [4.69, 9.17) is 0 Å². The molecule has 0 bridgehead atoms. The number of rotatable bonds is 6. The molecule has 0 aliphatic carbocycles. The molecule has 0 radical (unpaired) electrons. The van der Waals surface area contributed by atoms with E-state index in [9.17, 15) is 4.79 Å². The fourth-order valence-electron chi connectivity index (χ4n) is 3.22. The maximum atomic E-state index is 12.6. The van der Waals surface area contributed by atoms with Crippen LogP contribution in [0.5, 0.6) is 0 Å². The zero-order valence-corrected chi connectivity index (χ0v) is 16.2. The second-order valence-corrected chi connectivity index (χ2v) is 6.82. The molecule has 2 aromatic heterocycles. The highest BCUT2D eigenvalue weighted by Gasteiger charge is 2.11. The van der Waals surface area contributed by atoms with E-state index >= 15 is 0 Å². The van der Waals surface area contributed by atoms with Crippen LogP contribution in [0.4, 0.5) is 0 Å². The fourth-order valence-corrected chi connectivity index (χ4v) is 3.22. The highest BCUT2D eigenvalue weighted by molar-refractivity contribution is 5.95. The molecule has 5 nitrogen and oxygen atoms in total. The van der Waals surface area contributed by atoms with Crippen LogP contribution in [0, 0.1) is 6.92 Å². The monoisotopic (exact) mass is 382 g/mol. The molecule has 0 aliphatic rings. The van der Waals surface area contributed by atoms with E-state index in [-0.39, 0.29) is 5.91 Å². The number of pyridine rings is 1. The van der Waals surface area contributed by atoms with Crippen LogP contribution in [-0.4, -0.2) is 27.2 Å². The molecule has 5 heteroatoms. The lowest BCUT2D eigenvalue weighted by Crippen LogP contribution is -2.26. The Bertz CT molecular complexity index is 1090. The van der Waals surface area contributed by atoms with E-state index in [2.05, 4.69) is 27.5 Å². The van der Waals surface area contributed by atoms with Crippen LogP contribution in [0.15, 0.2) is 85.2 Å². The van der Waals surface area contributed by atoms with Crippen LogP contribution in [0.2, 0.25) is 0 Å². The first-order valence-corrected chi connectivity index (χ1v) is 9.61. The summed E-state index contributed by atoms with van der Waals surface area (Å²) in [6.45, 7) is 2.44. The van der Waals surface area contributed by atoms with Gasteiger partial charge in [-0.25, -0.2) is 4.68 Å². The van der Waals surface area contributed by atoms with Gasteiger partial charge in [-0.2, -0.15) is 5.10 Å². The highest BCUT2D eigenvalue weighted by atomic mass is 16.1. The highest BCUT2D eigenvalue weighted by Crippen LogP contribution is 2.18. The normalized spacial score (nSPS) is 10.7. The van der Waals surface area contributed by atoms with Crippen molar-refractivity contribution in [1.29, 1.82) is 0 Å². The zero-order chi connectivity index (χ0) is 20.1. The average molecular weight is 382 g/mol. The lowest BCUT2D eigenvalue weighted by atomic mass is 10.1. The van der Waals surface area contributed by atoms with E-state index in [1.54, 1.807) is 6.20 Å². The molecule has 1 amide bonds. The molecule has 1 N–H and O–H groups in total. The number of carbonyl (C=O) groups is 1. The lowest BCUT2D eigenvalue weighted by molar-refractivity contribution is 0.0953. The van der Waals surface area contributed by atoms with Gasteiger partial charge in [0, 0.05) is 24.5 Å². The Hall–Kier alpha value is -3.73. The standard InChI is InChI=1S/C24H22N4O/c1-18-22(12-13-23(27-18)20-6-3-2-4-7-20)24(29)25-16-14-19-8-10-21(11-9-19)28-17-5-15-26-28/h2-13,15,17H,14,16H2,1H3,(H,25,29). The molecule has 0 fully saturated rings. The maximum absolute atomic E-state index is 12.6. The fraction of sp³-hybridized carbons (Fsp3) is 0.125. The predicted molar refractivity (Wildman–Crippen MR) is 114 cm³/mol. The molecule has 0 aliphatic heterocycles. The summed E-state index contributed by atoms with van der Waals surface area (Å²) < 4.78 is 1.82. The molecule has 0 spiro atoms. The summed E-state index contributed by atoms with van der Waals surface area (Å²) in [5, 5.41) is 7.22. The van der Waals surface area contributed by atoms with Crippen molar-refractivity contribution in [2.75, 3.05) is 6.54 Å². The predicted octanol–water partition coefficient (Wildman–Crippen LogP) is 4.22. The zero-order valence-electron chi connectivity index (χ0n) is 16.2. The summed E-state index contributed by atoms with van der Waals surface area (Å²) in [6, 6.07) is 23.8. The van der Waals surface area contributed by atoms with Crippen molar-refractivity contribution < 1.29 is 4.79 Å². The minimum Gasteiger partial charge on any atom is -0.352 e. The Morgan fingerprint density at radius 2 is 1.76 bits per heavy atom. The molecule has 0 unspecified atom stereocenters. The number of hydrogen-bond acceptors (Lipinski definition) is 3. The van der Waals surface area contributed by atoms with Crippen molar-refractivity contribution in [1.82, 2.24) is 20.1 Å². The third-order valence-electron chi connectivity index (χ3n) is 4.80. The Morgan fingerprint density at radius 3 is 2.45 bits per heavy atom. The number of aromatic nitrogens is 3. The topological polar surface area (TPSA) is 59.8 Å². The maximum Gasteiger partial charge on any atom is 0.253 e. The molecule has 4 rings (SSSR count). The largest absolute Gasteiger partial charge is 0.352 e. The Morgan fingerprint density at radius 1 is 0.966 bits per heavy atom. The molecule has 0 saturated heterocycles. The third kappa shape index (κ3) is 4.41. The smallest absolute Gasteiger partial charge is 0.253 e. The van der Waals surface area contributed by atoms with Crippen LogP contribution in [0.25, 0.3) is 16.9 Å².